The fourth-order valence-electron chi connectivity index (χ4n) is 3.24. The number of benzene rings is 2. The minimum atomic E-state index is -0.281. The molecular weight excluding hydrogens is 360 g/mol. The Kier molecular flexibility index (Phi) is 4.60. The van der Waals surface area contributed by atoms with Crippen molar-refractivity contribution in [3.05, 3.63) is 71.3 Å². The van der Waals surface area contributed by atoms with E-state index in [9.17, 15) is 9.59 Å². The molecule has 0 unspecified atom stereocenters. The van der Waals surface area contributed by atoms with Crippen molar-refractivity contribution in [2.45, 2.75) is 12.8 Å². The highest BCUT2D eigenvalue weighted by atomic mass is 32.1. The van der Waals surface area contributed by atoms with Crippen LogP contribution in [0.3, 0.4) is 0 Å². The highest BCUT2D eigenvalue weighted by Gasteiger charge is 2.22. The molecule has 0 aliphatic carbocycles. The standard InChI is InChI=1S/C20H18N4O2S/c25-18-10-5-11-23(18)16-9-4-6-14(12-16)22-19(26)17-13-21-20(27)24(17)15-7-2-1-3-8-15/h1-4,6-9,12-13H,5,10-11H2,(H,21,27)(H,22,26). The maximum atomic E-state index is 12.8. The van der Waals surface area contributed by atoms with E-state index in [2.05, 4.69) is 10.3 Å². The van der Waals surface area contributed by atoms with Gasteiger partial charge in [0.25, 0.3) is 5.91 Å². The number of amides is 2. The lowest BCUT2D eigenvalue weighted by Crippen LogP contribution is -2.24. The molecule has 0 bridgehead atoms. The smallest absolute Gasteiger partial charge is 0.274 e. The first-order chi connectivity index (χ1) is 13.1. The second kappa shape index (κ2) is 7.20. The van der Waals surface area contributed by atoms with E-state index in [0.717, 1.165) is 17.8 Å². The van der Waals surface area contributed by atoms with Crippen molar-refractivity contribution in [2.24, 2.45) is 0 Å². The van der Waals surface area contributed by atoms with Gasteiger partial charge in [-0.25, -0.2) is 0 Å². The van der Waals surface area contributed by atoms with Gasteiger partial charge in [0.2, 0.25) is 5.91 Å². The van der Waals surface area contributed by atoms with Crippen LogP contribution in [0.15, 0.2) is 60.8 Å². The quantitative estimate of drug-likeness (QED) is 0.676. The summed E-state index contributed by atoms with van der Waals surface area (Å²) in [7, 11) is 0. The molecule has 2 aromatic carbocycles. The Balaban J connectivity index is 1.61. The number of rotatable bonds is 4. The molecule has 0 spiro atoms. The number of aromatic amines is 1. The summed E-state index contributed by atoms with van der Waals surface area (Å²) in [5.74, 6) is -0.169. The van der Waals surface area contributed by atoms with Crippen molar-refractivity contribution in [2.75, 3.05) is 16.8 Å². The average Bonchev–Trinajstić information content (AvgIpc) is 3.28. The van der Waals surface area contributed by atoms with Crippen LogP contribution in [-0.4, -0.2) is 27.9 Å². The average molecular weight is 378 g/mol. The van der Waals surface area contributed by atoms with E-state index in [-0.39, 0.29) is 11.8 Å². The summed E-state index contributed by atoms with van der Waals surface area (Å²) in [5.41, 5.74) is 2.65. The number of carbonyl (C=O) groups is 2. The number of imidazole rings is 1. The first-order valence-corrected chi connectivity index (χ1v) is 9.12. The number of carbonyl (C=O) groups excluding carboxylic acids is 2. The zero-order valence-electron chi connectivity index (χ0n) is 14.5. The van der Waals surface area contributed by atoms with Gasteiger partial charge in [0, 0.05) is 36.2 Å². The number of aromatic nitrogens is 2. The second-order valence-corrected chi connectivity index (χ2v) is 6.69. The summed E-state index contributed by atoms with van der Waals surface area (Å²) in [6, 6.07) is 16.8. The molecule has 1 aliphatic rings. The van der Waals surface area contributed by atoms with E-state index in [1.54, 1.807) is 21.7 Å². The van der Waals surface area contributed by atoms with Crippen molar-refractivity contribution >= 4 is 35.4 Å². The number of hydrogen-bond acceptors (Lipinski definition) is 3. The van der Waals surface area contributed by atoms with Gasteiger partial charge in [-0.05, 0) is 49.0 Å². The fourth-order valence-corrected chi connectivity index (χ4v) is 3.50. The number of H-pyrrole nitrogens is 1. The molecule has 1 fully saturated rings. The third-order valence-corrected chi connectivity index (χ3v) is 4.81. The molecular formula is C20H18N4O2S. The summed E-state index contributed by atoms with van der Waals surface area (Å²) in [5, 5.41) is 2.90. The number of hydrogen-bond donors (Lipinski definition) is 2. The minimum absolute atomic E-state index is 0.113. The topological polar surface area (TPSA) is 70.1 Å². The van der Waals surface area contributed by atoms with E-state index in [0.29, 0.717) is 29.1 Å². The largest absolute Gasteiger partial charge is 0.336 e. The van der Waals surface area contributed by atoms with Gasteiger partial charge in [0.15, 0.2) is 4.77 Å². The van der Waals surface area contributed by atoms with E-state index >= 15 is 0 Å². The van der Waals surface area contributed by atoms with Crippen molar-refractivity contribution in [1.82, 2.24) is 9.55 Å². The lowest BCUT2D eigenvalue weighted by atomic mass is 10.2. The highest BCUT2D eigenvalue weighted by Crippen LogP contribution is 2.24. The zero-order valence-corrected chi connectivity index (χ0v) is 15.3. The van der Waals surface area contributed by atoms with Gasteiger partial charge < -0.3 is 15.2 Å². The summed E-state index contributed by atoms with van der Waals surface area (Å²) in [6.07, 6.45) is 3.02. The monoisotopic (exact) mass is 378 g/mol. The predicted molar refractivity (Wildman–Crippen MR) is 107 cm³/mol. The molecule has 2 amide bonds. The summed E-state index contributed by atoms with van der Waals surface area (Å²) >= 11 is 5.33. The molecule has 0 atom stereocenters. The van der Waals surface area contributed by atoms with E-state index < -0.39 is 0 Å². The molecule has 4 rings (SSSR count). The first kappa shape index (κ1) is 17.2. The van der Waals surface area contributed by atoms with Gasteiger partial charge in [-0.15, -0.1) is 0 Å². The number of anilines is 2. The summed E-state index contributed by atoms with van der Waals surface area (Å²) in [6.45, 7) is 0.710. The Bertz CT molecular complexity index is 1060. The third-order valence-electron chi connectivity index (χ3n) is 4.51. The summed E-state index contributed by atoms with van der Waals surface area (Å²) in [4.78, 5) is 29.5. The Labute approximate surface area is 161 Å². The Morgan fingerprint density at radius 3 is 2.59 bits per heavy atom. The molecule has 7 heteroatoms. The van der Waals surface area contributed by atoms with Gasteiger partial charge in [0.1, 0.15) is 5.69 Å². The van der Waals surface area contributed by atoms with Crippen LogP contribution >= 0.6 is 12.2 Å². The predicted octanol–water partition coefficient (Wildman–Crippen LogP) is 3.91. The highest BCUT2D eigenvalue weighted by molar-refractivity contribution is 7.71. The molecule has 27 heavy (non-hydrogen) atoms. The van der Waals surface area contributed by atoms with Crippen molar-refractivity contribution in [1.29, 1.82) is 0 Å². The number of nitrogens with one attached hydrogen (secondary N) is 2. The molecule has 0 radical (unpaired) electrons. The molecule has 6 nitrogen and oxygen atoms in total. The molecule has 136 valence electrons. The van der Waals surface area contributed by atoms with E-state index in [1.165, 1.54) is 0 Å². The van der Waals surface area contributed by atoms with Crippen LogP contribution in [0.5, 0.6) is 0 Å². The maximum absolute atomic E-state index is 12.8. The van der Waals surface area contributed by atoms with Crippen LogP contribution < -0.4 is 10.2 Å². The van der Waals surface area contributed by atoms with E-state index in [4.69, 9.17) is 12.2 Å². The fraction of sp³-hybridized carbons (Fsp3) is 0.150. The van der Waals surface area contributed by atoms with Gasteiger partial charge in [-0.3, -0.25) is 14.2 Å². The Morgan fingerprint density at radius 2 is 1.85 bits per heavy atom. The molecule has 3 aromatic rings. The van der Waals surface area contributed by atoms with Crippen LogP contribution in [0.4, 0.5) is 11.4 Å². The van der Waals surface area contributed by atoms with Crippen LogP contribution in [0.25, 0.3) is 5.69 Å². The van der Waals surface area contributed by atoms with Crippen molar-refractivity contribution in [3.63, 3.8) is 0 Å². The number of nitrogens with zero attached hydrogens (tertiary/aromatic N) is 2. The molecule has 2 heterocycles. The zero-order chi connectivity index (χ0) is 18.8. The maximum Gasteiger partial charge on any atom is 0.274 e. The Hall–Kier alpha value is -3.19. The van der Waals surface area contributed by atoms with E-state index in [1.807, 2.05) is 48.5 Å². The van der Waals surface area contributed by atoms with Crippen molar-refractivity contribution < 1.29 is 9.59 Å². The minimum Gasteiger partial charge on any atom is -0.336 e. The van der Waals surface area contributed by atoms with Crippen LogP contribution in [0.2, 0.25) is 0 Å². The van der Waals surface area contributed by atoms with Gasteiger partial charge in [0.05, 0.1) is 0 Å². The SMILES string of the molecule is O=C(Nc1cccc(N2CCCC2=O)c1)c1c[nH]c(=S)n1-c1ccccc1. The lowest BCUT2D eigenvalue weighted by molar-refractivity contribution is -0.117. The molecule has 1 aliphatic heterocycles. The third kappa shape index (κ3) is 3.41. The Morgan fingerprint density at radius 1 is 1.07 bits per heavy atom. The van der Waals surface area contributed by atoms with Crippen LogP contribution in [-0.2, 0) is 4.79 Å². The normalized spacial score (nSPS) is 13.8. The van der Waals surface area contributed by atoms with Gasteiger partial charge in [-0.1, -0.05) is 24.3 Å². The second-order valence-electron chi connectivity index (χ2n) is 6.30. The van der Waals surface area contributed by atoms with Crippen molar-refractivity contribution in [3.8, 4) is 5.69 Å². The molecule has 0 saturated carbocycles. The number of para-hydroxylation sites is 1. The van der Waals surface area contributed by atoms with Crippen LogP contribution in [0, 0.1) is 4.77 Å². The molecule has 1 aromatic heterocycles. The van der Waals surface area contributed by atoms with Gasteiger partial charge >= 0.3 is 0 Å². The summed E-state index contributed by atoms with van der Waals surface area (Å²) < 4.78 is 2.14. The first-order valence-electron chi connectivity index (χ1n) is 8.71. The van der Waals surface area contributed by atoms with Gasteiger partial charge in [-0.2, -0.15) is 0 Å². The van der Waals surface area contributed by atoms with Crippen LogP contribution in [0.1, 0.15) is 23.3 Å². The molecule has 2 N–H and O–H groups in total. The lowest BCUT2D eigenvalue weighted by Gasteiger charge is -2.17. The molecule has 1 saturated heterocycles.